The smallest absolute Gasteiger partial charge is 0.0595 e. The van der Waals surface area contributed by atoms with Crippen molar-refractivity contribution in [2.45, 2.75) is 39.2 Å². The minimum Gasteiger partial charge on any atom is -0.321 e. The average molecular weight is 272 g/mol. The molecule has 17 heavy (non-hydrogen) atoms. The van der Waals surface area contributed by atoms with Crippen LogP contribution in [0.1, 0.15) is 39.2 Å². The van der Waals surface area contributed by atoms with Crippen molar-refractivity contribution in [3.8, 4) is 0 Å². The molecule has 1 aliphatic rings. The Bertz CT molecular complexity index is 428. The van der Waals surface area contributed by atoms with E-state index in [1.807, 2.05) is 18.2 Å². The molecule has 0 unspecified atom stereocenters. The van der Waals surface area contributed by atoms with E-state index in [-0.39, 0.29) is 5.54 Å². The van der Waals surface area contributed by atoms with Gasteiger partial charge in [-0.3, -0.25) is 0 Å². The van der Waals surface area contributed by atoms with Gasteiger partial charge in [-0.15, -0.1) is 0 Å². The van der Waals surface area contributed by atoms with E-state index in [2.05, 4.69) is 20.8 Å². The minimum atomic E-state index is -0.216. The molecule has 0 atom stereocenters. The first-order valence-electron chi connectivity index (χ1n) is 5.97. The Hall–Kier alpha value is -0.240. The van der Waals surface area contributed by atoms with Gasteiger partial charge in [-0.25, -0.2) is 0 Å². The molecule has 0 amide bonds. The summed E-state index contributed by atoms with van der Waals surface area (Å²) in [5.41, 5.74) is 7.65. The zero-order chi connectivity index (χ0) is 12.8. The Morgan fingerprint density at radius 2 is 1.76 bits per heavy atom. The molecular weight excluding hydrogens is 253 g/mol. The minimum absolute atomic E-state index is 0.216. The van der Waals surface area contributed by atoms with Crippen LogP contribution in [-0.4, -0.2) is 0 Å². The lowest BCUT2D eigenvalue weighted by Gasteiger charge is -2.51. The van der Waals surface area contributed by atoms with Crippen LogP contribution < -0.4 is 5.73 Å². The van der Waals surface area contributed by atoms with Gasteiger partial charge >= 0.3 is 0 Å². The summed E-state index contributed by atoms with van der Waals surface area (Å²) in [6.45, 7) is 6.81. The van der Waals surface area contributed by atoms with Crippen LogP contribution in [-0.2, 0) is 5.54 Å². The number of halogens is 2. The highest BCUT2D eigenvalue weighted by Gasteiger charge is 2.46. The summed E-state index contributed by atoms with van der Waals surface area (Å²) in [4.78, 5) is 0. The number of hydrogen-bond acceptors (Lipinski definition) is 1. The maximum Gasteiger partial charge on any atom is 0.0595 e. The monoisotopic (exact) mass is 271 g/mol. The van der Waals surface area contributed by atoms with Gasteiger partial charge in [0.1, 0.15) is 0 Å². The van der Waals surface area contributed by atoms with E-state index in [0.29, 0.717) is 21.4 Å². The molecule has 0 aromatic heterocycles. The number of benzene rings is 1. The summed E-state index contributed by atoms with van der Waals surface area (Å²) in [5.74, 6) is 0.682. The van der Waals surface area contributed by atoms with Crippen molar-refractivity contribution in [3.63, 3.8) is 0 Å². The van der Waals surface area contributed by atoms with E-state index in [9.17, 15) is 0 Å². The van der Waals surface area contributed by atoms with Crippen LogP contribution in [0.5, 0.6) is 0 Å². The molecule has 1 aromatic carbocycles. The van der Waals surface area contributed by atoms with Crippen molar-refractivity contribution >= 4 is 23.2 Å². The lowest BCUT2D eigenvalue weighted by Crippen LogP contribution is -2.52. The molecule has 0 heterocycles. The normalized spacial score (nSPS) is 28.9. The maximum atomic E-state index is 6.43. The number of nitrogens with two attached hydrogens (primary N) is 1. The summed E-state index contributed by atoms with van der Waals surface area (Å²) in [6.07, 6.45) is 2.04. The summed E-state index contributed by atoms with van der Waals surface area (Å²) in [7, 11) is 0. The summed E-state index contributed by atoms with van der Waals surface area (Å²) in [5, 5.41) is 1.18. The SMILES string of the molecule is CC(C)(C)C1CC(N)(c2ccc(Cl)c(Cl)c2)C1. The highest BCUT2D eigenvalue weighted by atomic mass is 35.5. The van der Waals surface area contributed by atoms with Gasteiger partial charge in [0.25, 0.3) is 0 Å². The summed E-state index contributed by atoms with van der Waals surface area (Å²) >= 11 is 12.0. The first kappa shape index (κ1) is 13.2. The topological polar surface area (TPSA) is 26.0 Å². The van der Waals surface area contributed by atoms with E-state index in [1.165, 1.54) is 0 Å². The molecule has 0 saturated heterocycles. The van der Waals surface area contributed by atoms with Gasteiger partial charge in [-0.05, 0) is 41.9 Å². The Balaban J connectivity index is 2.17. The van der Waals surface area contributed by atoms with E-state index < -0.39 is 0 Å². The molecule has 1 aliphatic carbocycles. The first-order valence-corrected chi connectivity index (χ1v) is 6.72. The van der Waals surface area contributed by atoms with Crippen LogP contribution in [0.2, 0.25) is 10.0 Å². The van der Waals surface area contributed by atoms with Crippen LogP contribution in [0, 0.1) is 11.3 Å². The van der Waals surface area contributed by atoms with Crippen molar-refractivity contribution in [1.29, 1.82) is 0 Å². The van der Waals surface area contributed by atoms with E-state index in [4.69, 9.17) is 28.9 Å². The number of hydrogen-bond donors (Lipinski definition) is 1. The molecule has 0 spiro atoms. The van der Waals surface area contributed by atoms with Gasteiger partial charge < -0.3 is 5.73 Å². The van der Waals surface area contributed by atoms with Crippen LogP contribution in [0.25, 0.3) is 0 Å². The van der Waals surface area contributed by atoms with Crippen molar-refractivity contribution in [1.82, 2.24) is 0 Å². The van der Waals surface area contributed by atoms with Crippen molar-refractivity contribution in [3.05, 3.63) is 33.8 Å². The third-order valence-electron chi connectivity index (χ3n) is 3.94. The first-order chi connectivity index (χ1) is 7.72. The zero-order valence-corrected chi connectivity index (χ0v) is 12.1. The van der Waals surface area contributed by atoms with E-state index >= 15 is 0 Å². The lowest BCUT2D eigenvalue weighted by atomic mass is 9.57. The van der Waals surface area contributed by atoms with Gasteiger partial charge in [0.05, 0.1) is 10.0 Å². The van der Waals surface area contributed by atoms with Crippen LogP contribution >= 0.6 is 23.2 Å². The summed E-state index contributed by atoms with van der Waals surface area (Å²) < 4.78 is 0. The second-order valence-electron chi connectivity index (χ2n) is 6.26. The molecule has 0 radical (unpaired) electrons. The Morgan fingerprint density at radius 1 is 1.18 bits per heavy atom. The highest BCUT2D eigenvalue weighted by molar-refractivity contribution is 6.42. The fourth-order valence-electron chi connectivity index (χ4n) is 2.47. The molecule has 1 fully saturated rings. The van der Waals surface area contributed by atoms with Gasteiger partial charge in [-0.2, -0.15) is 0 Å². The van der Waals surface area contributed by atoms with Crippen LogP contribution in [0.4, 0.5) is 0 Å². The predicted molar refractivity (Wildman–Crippen MR) is 74.5 cm³/mol. The van der Waals surface area contributed by atoms with Crippen molar-refractivity contribution in [2.75, 3.05) is 0 Å². The van der Waals surface area contributed by atoms with Gasteiger partial charge in [0.15, 0.2) is 0 Å². The largest absolute Gasteiger partial charge is 0.321 e. The van der Waals surface area contributed by atoms with Crippen molar-refractivity contribution < 1.29 is 0 Å². The summed E-state index contributed by atoms with van der Waals surface area (Å²) in [6, 6.07) is 5.73. The Morgan fingerprint density at radius 3 is 2.24 bits per heavy atom. The van der Waals surface area contributed by atoms with Gasteiger partial charge in [-0.1, -0.05) is 50.0 Å². The second kappa shape index (κ2) is 4.15. The average Bonchev–Trinajstić information content (AvgIpc) is 2.16. The Labute approximate surface area is 113 Å². The molecule has 2 rings (SSSR count). The zero-order valence-electron chi connectivity index (χ0n) is 10.6. The second-order valence-corrected chi connectivity index (χ2v) is 7.07. The third-order valence-corrected chi connectivity index (χ3v) is 4.68. The molecule has 1 saturated carbocycles. The molecule has 1 aromatic rings. The lowest BCUT2D eigenvalue weighted by molar-refractivity contribution is 0.0490. The van der Waals surface area contributed by atoms with Gasteiger partial charge in [0, 0.05) is 5.54 Å². The van der Waals surface area contributed by atoms with E-state index in [1.54, 1.807) is 0 Å². The van der Waals surface area contributed by atoms with Crippen LogP contribution in [0.15, 0.2) is 18.2 Å². The van der Waals surface area contributed by atoms with E-state index in [0.717, 1.165) is 18.4 Å². The fourth-order valence-corrected chi connectivity index (χ4v) is 2.77. The molecule has 1 nitrogen and oxygen atoms in total. The van der Waals surface area contributed by atoms with Crippen molar-refractivity contribution in [2.24, 2.45) is 17.1 Å². The van der Waals surface area contributed by atoms with Gasteiger partial charge in [0.2, 0.25) is 0 Å². The quantitative estimate of drug-likeness (QED) is 0.794. The standard InChI is InChI=1S/C14H19Cl2N/c1-13(2,3)10-7-14(17,8-10)9-4-5-11(15)12(16)6-9/h4-6,10H,7-8,17H2,1-3H3. The molecule has 0 aliphatic heterocycles. The molecule has 3 heteroatoms. The molecular formula is C14H19Cl2N. The number of rotatable bonds is 1. The fraction of sp³-hybridized carbons (Fsp3) is 0.571. The predicted octanol–water partition coefficient (Wildman–Crippen LogP) is 4.60. The molecule has 2 N–H and O–H groups in total. The maximum absolute atomic E-state index is 6.43. The highest BCUT2D eigenvalue weighted by Crippen LogP contribution is 2.51. The third kappa shape index (κ3) is 2.47. The molecule has 94 valence electrons. The molecule has 0 bridgehead atoms. The Kier molecular flexibility index (Phi) is 3.22. The van der Waals surface area contributed by atoms with Crippen LogP contribution in [0.3, 0.4) is 0 Å².